The fourth-order valence-corrected chi connectivity index (χ4v) is 3.09. The van der Waals surface area contributed by atoms with E-state index in [0.717, 1.165) is 22.2 Å². The molecule has 0 amide bonds. The molecule has 13 heavy (non-hydrogen) atoms. The van der Waals surface area contributed by atoms with Crippen molar-refractivity contribution in [1.29, 1.82) is 0 Å². The van der Waals surface area contributed by atoms with Gasteiger partial charge in [-0.25, -0.2) is 4.79 Å². The molecule has 0 bridgehead atoms. The number of rotatable bonds is 2. The van der Waals surface area contributed by atoms with Gasteiger partial charge in [-0.05, 0) is 34.8 Å². The van der Waals surface area contributed by atoms with Gasteiger partial charge < -0.3 is 0 Å². The van der Waals surface area contributed by atoms with Crippen LogP contribution in [0.3, 0.4) is 0 Å². The number of aliphatic imine (C=N–C) groups is 1. The Balaban J connectivity index is 2.40. The molecule has 1 saturated carbocycles. The fourth-order valence-electron chi connectivity index (χ4n) is 1.19. The van der Waals surface area contributed by atoms with E-state index in [9.17, 15) is 4.79 Å². The molecule has 1 aliphatic rings. The highest BCUT2D eigenvalue weighted by Crippen LogP contribution is 2.53. The van der Waals surface area contributed by atoms with Gasteiger partial charge in [0.25, 0.3) is 0 Å². The highest BCUT2D eigenvalue weighted by atomic mass is 79.9. The van der Waals surface area contributed by atoms with E-state index in [-0.39, 0.29) is 5.54 Å². The molecule has 0 aromatic carbocycles. The molecule has 2 nitrogen and oxygen atoms in total. The summed E-state index contributed by atoms with van der Waals surface area (Å²) in [7, 11) is 0. The molecule has 0 radical (unpaired) electrons. The van der Waals surface area contributed by atoms with Crippen LogP contribution < -0.4 is 0 Å². The lowest BCUT2D eigenvalue weighted by Gasteiger charge is -2.01. The minimum Gasteiger partial charge on any atom is -0.211 e. The summed E-state index contributed by atoms with van der Waals surface area (Å²) in [6.45, 7) is 0. The van der Waals surface area contributed by atoms with Gasteiger partial charge in [0.05, 0.1) is 0 Å². The first-order valence-corrected chi connectivity index (χ1v) is 5.71. The van der Waals surface area contributed by atoms with E-state index in [4.69, 9.17) is 11.6 Å². The summed E-state index contributed by atoms with van der Waals surface area (Å²) >= 11 is 10.7. The van der Waals surface area contributed by atoms with Crippen molar-refractivity contribution >= 4 is 44.9 Å². The molecule has 0 N–H and O–H groups in total. The van der Waals surface area contributed by atoms with Crippen molar-refractivity contribution in [2.75, 3.05) is 0 Å². The van der Waals surface area contributed by atoms with Crippen molar-refractivity contribution in [2.24, 2.45) is 4.99 Å². The number of carbonyl (C=O) groups excluding carboxylic acids is 1. The van der Waals surface area contributed by atoms with Crippen LogP contribution in [0.25, 0.3) is 0 Å². The summed E-state index contributed by atoms with van der Waals surface area (Å²) in [4.78, 5) is 15.1. The van der Waals surface area contributed by atoms with Crippen LogP contribution in [0.15, 0.2) is 15.5 Å². The Morgan fingerprint density at radius 2 is 2.38 bits per heavy atom. The van der Waals surface area contributed by atoms with Crippen LogP contribution in [0.4, 0.5) is 0 Å². The number of halogens is 2. The van der Waals surface area contributed by atoms with Gasteiger partial charge in [-0.1, -0.05) is 11.6 Å². The SMILES string of the molecule is O=C=NC1(c2cc(Br)c(Cl)s2)CC1. The fraction of sp³-hybridized carbons (Fsp3) is 0.375. The third-order valence-corrected chi connectivity index (χ3v) is 4.76. The van der Waals surface area contributed by atoms with Crippen molar-refractivity contribution in [2.45, 2.75) is 18.4 Å². The van der Waals surface area contributed by atoms with E-state index in [2.05, 4.69) is 20.9 Å². The second-order valence-corrected chi connectivity index (χ2v) is 5.48. The summed E-state index contributed by atoms with van der Waals surface area (Å²) in [5.74, 6) is 0. The van der Waals surface area contributed by atoms with Gasteiger partial charge in [0.1, 0.15) is 9.88 Å². The molecule has 0 unspecified atom stereocenters. The van der Waals surface area contributed by atoms with E-state index >= 15 is 0 Å². The maximum Gasteiger partial charge on any atom is 0.235 e. The highest BCUT2D eigenvalue weighted by Gasteiger charge is 2.46. The molecule has 0 aliphatic heterocycles. The number of thiophene rings is 1. The van der Waals surface area contributed by atoms with Crippen LogP contribution in [0, 0.1) is 0 Å². The maximum atomic E-state index is 10.2. The van der Waals surface area contributed by atoms with E-state index < -0.39 is 0 Å². The van der Waals surface area contributed by atoms with Crippen LogP contribution in [-0.2, 0) is 10.3 Å². The predicted molar refractivity (Wildman–Crippen MR) is 56.1 cm³/mol. The molecule has 1 aliphatic carbocycles. The van der Waals surface area contributed by atoms with E-state index in [1.54, 1.807) is 6.08 Å². The van der Waals surface area contributed by atoms with Gasteiger partial charge in [0.15, 0.2) is 0 Å². The first-order chi connectivity index (χ1) is 6.18. The highest BCUT2D eigenvalue weighted by molar-refractivity contribution is 9.10. The van der Waals surface area contributed by atoms with E-state index in [1.807, 2.05) is 6.07 Å². The van der Waals surface area contributed by atoms with E-state index in [1.165, 1.54) is 11.3 Å². The summed E-state index contributed by atoms with van der Waals surface area (Å²) < 4.78 is 1.59. The molecular weight excluding hydrogens is 274 g/mol. The third kappa shape index (κ3) is 1.59. The van der Waals surface area contributed by atoms with Crippen LogP contribution in [0.5, 0.6) is 0 Å². The molecule has 5 heteroatoms. The molecule has 1 aromatic heterocycles. The van der Waals surface area contributed by atoms with Gasteiger partial charge in [-0.3, -0.25) is 0 Å². The summed E-state index contributed by atoms with van der Waals surface area (Å²) in [5, 5.41) is 0. The van der Waals surface area contributed by atoms with Gasteiger partial charge in [0.2, 0.25) is 6.08 Å². The van der Waals surface area contributed by atoms with Crippen LogP contribution >= 0.6 is 38.9 Å². The zero-order valence-electron chi connectivity index (χ0n) is 6.51. The summed E-state index contributed by atoms with van der Waals surface area (Å²) in [6, 6.07) is 1.93. The number of nitrogens with zero attached hydrogens (tertiary/aromatic N) is 1. The minimum absolute atomic E-state index is 0.290. The number of isocyanates is 1. The smallest absolute Gasteiger partial charge is 0.211 e. The molecule has 1 fully saturated rings. The maximum absolute atomic E-state index is 10.2. The lowest BCUT2D eigenvalue weighted by atomic mass is 10.2. The second-order valence-electron chi connectivity index (χ2n) is 2.97. The Morgan fingerprint density at radius 1 is 1.69 bits per heavy atom. The molecule has 2 rings (SSSR count). The standard InChI is InChI=1S/C8H5BrClNOS/c9-5-3-6(13-7(5)10)8(1-2-8)11-4-12/h3H,1-2H2. The lowest BCUT2D eigenvalue weighted by Crippen LogP contribution is -1.97. The van der Waals surface area contributed by atoms with E-state index in [0.29, 0.717) is 4.34 Å². The van der Waals surface area contributed by atoms with Gasteiger partial charge in [-0.15, -0.1) is 11.3 Å². The molecule has 0 atom stereocenters. The molecule has 0 saturated heterocycles. The Labute approximate surface area is 92.8 Å². The van der Waals surface area contributed by atoms with Crippen LogP contribution in [0.2, 0.25) is 4.34 Å². The number of hydrogen-bond acceptors (Lipinski definition) is 3. The number of hydrogen-bond donors (Lipinski definition) is 0. The summed E-state index contributed by atoms with van der Waals surface area (Å²) in [5.41, 5.74) is -0.290. The van der Waals surface area contributed by atoms with Gasteiger partial charge >= 0.3 is 0 Å². The Hall–Kier alpha value is -0.150. The average Bonchev–Trinajstić information content (AvgIpc) is 2.78. The third-order valence-electron chi connectivity index (χ3n) is 2.09. The Morgan fingerprint density at radius 3 is 2.77 bits per heavy atom. The average molecular weight is 279 g/mol. The van der Waals surface area contributed by atoms with Crippen molar-refractivity contribution in [3.8, 4) is 0 Å². The lowest BCUT2D eigenvalue weighted by molar-refractivity contribution is 0.557. The minimum atomic E-state index is -0.290. The van der Waals surface area contributed by atoms with Crippen molar-refractivity contribution in [3.63, 3.8) is 0 Å². The second kappa shape index (κ2) is 3.21. The monoisotopic (exact) mass is 277 g/mol. The van der Waals surface area contributed by atoms with Gasteiger partial charge in [-0.2, -0.15) is 4.99 Å². The van der Waals surface area contributed by atoms with Crippen LogP contribution in [-0.4, -0.2) is 6.08 Å². The molecule has 0 spiro atoms. The molecule has 1 heterocycles. The topological polar surface area (TPSA) is 29.4 Å². The zero-order valence-corrected chi connectivity index (χ0v) is 9.67. The molecular formula is C8H5BrClNOS. The summed E-state index contributed by atoms with van der Waals surface area (Å²) in [6.07, 6.45) is 3.47. The van der Waals surface area contributed by atoms with Crippen LogP contribution in [0.1, 0.15) is 17.7 Å². The van der Waals surface area contributed by atoms with Gasteiger partial charge in [0, 0.05) is 9.35 Å². The first-order valence-electron chi connectivity index (χ1n) is 3.72. The van der Waals surface area contributed by atoms with Crippen molar-refractivity contribution < 1.29 is 4.79 Å². The molecule has 68 valence electrons. The molecule has 1 aromatic rings. The van der Waals surface area contributed by atoms with Crippen molar-refractivity contribution in [3.05, 3.63) is 19.8 Å². The zero-order chi connectivity index (χ0) is 9.47. The Bertz CT molecular complexity index is 373. The predicted octanol–water partition coefficient (Wildman–Crippen LogP) is 3.49. The van der Waals surface area contributed by atoms with Crippen molar-refractivity contribution in [1.82, 2.24) is 0 Å². The Kier molecular flexibility index (Phi) is 2.32. The quantitative estimate of drug-likeness (QED) is 0.601. The largest absolute Gasteiger partial charge is 0.235 e. The first kappa shape index (κ1) is 9.41. The normalized spacial score (nSPS) is 18.0.